The van der Waals surface area contributed by atoms with Gasteiger partial charge in [-0.25, -0.2) is 9.37 Å². The van der Waals surface area contributed by atoms with Crippen LogP contribution >= 0.6 is 11.3 Å². The summed E-state index contributed by atoms with van der Waals surface area (Å²) in [6, 6.07) is 13.7. The molecule has 170 valence electrons. The second-order valence-electron chi connectivity index (χ2n) is 8.06. The van der Waals surface area contributed by atoms with Gasteiger partial charge in [-0.3, -0.25) is 14.5 Å². The quantitative estimate of drug-likeness (QED) is 0.575. The Balaban J connectivity index is 1.20. The van der Waals surface area contributed by atoms with Crippen LogP contribution < -0.4 is 9.64 Å². The molecule has 3 aromatic rings. The van der Waals surface area contributed by atoms with Crippen molar-refractivity contribution in [1.29, 1.82) is 0 Å². The van der Waals surface area contributed by atoms with Crippen molar-refractivity contribution >= 4 is 28.8 Å². The van der Waals surface area contributed by atoms with Gasteiger partial charge in [0, 0.05) is 68.5 Å². The third kappa shape index (κ3) is 4.60. The minimum atomic E-state index is -0.512. The predicted molar refractivity (Wildman–Crippen MR) is 123 cm³/mol. The average Bonchev–Trinajstić information content (AvgIpc) is 3.51. The first-order valence-electron chi connectivity index (χ1n) is 10.8. The summed E-state index contributed by atoms with van der Waals surface area (Å²) in [5.41, 5.74) is 0.526. The summed E-state index contributed by atoms with van der Waals surface area (Å²) >= 11 is 1.34. The van der Waals surface area contributed by atoms with E-state index >= 15 is 0 Å². The number of carbonyl (C=O) groups is 2. The van der Waals surface area contributed by atoms with Crippen molar-refractivity contribution in [2.45, 2.75) is 12.5 Å². The van der Waals surface area contributed by atoms with E-state index in [0.717, 1.165) is 0 Å². The summed E-state index contributed by atoms with van der Waals surface area (Å²) in [4.78, 5) is 35.0. The van der Waals surface area contributed by atoms with E-state index in [4.69, 9.17) is 4.74 Å². The van der Waals surface area contributed by atoms with Gasteiger partial charge in [0.15, 0.2) is 16.6 Å². The molecular weight excluding hydrogens is 443 g/mol. The van der Waals surface area contributed by atoms with E-state index in [1.807, 2.05) is 23.1 Å². The van der Waals surface area contributed by atoms with Crippen LogP contribution in [0.1, 0.15) is 16.2 Å². The third-order valence-electron chi connectivity index (χ3n) is 6.04. The Morgan fingerprint density at radius 2 is 1.88 bits per heavy atom. The van der Waals surface area contributed by atoms with Crippen LogP contribution in [0.25, 0.3) is 0 Å². The molecule has 3 heterocycles. The summed E-state index contributed by atoms with van der Waals surface area (Å²) < 4.78 is 20.3. The lowest BCUT2D eigenvalue weighted by Gasteiger charge is -2.37. The highest BCUT2D eigenvalue weighted by Gasteiger charge is 2.36. The van der Waals surface area contributed by atoms with Crippen molar-refractivity contribution in [3.63, 3.8) is 0 Å². The monoisotopic (exact) mass is 466 g/mol. The summed E-state index contributed by atoms with van der Waals surface area (Å²) in [7, 11) is 0. The maximum Gasteiger partial charge on any atom is 0.282 e. The van der Waals surface area contributed by atoms with Crippen LogP contribution in [0, 0.1) is 5.82 Å². The van der Waals surface area contributed by atoms with E-state index < -0.39 is 5.82 Å². The molecule has 1 aromatic heterocycles. The first-order valence-corrected chi connectivity index (χ1v) is 11.7. The molecule has 0 bridgehead atoms. The highest BCUT2D eigenvalue weighted by Crippen LogP contribution is 2.31. The van der Waals surface area contributed by atoms with Gasteiger partial charge in [0.05, 0.1) is 0 Å². The number of rotatable bonds is 5. The number of thiazole rings is 1. The van der Waals surface area contributed by atoms with Crippen molar-refractivity contribution < 1.29 is 18.7 Å². The minimum absolute atomic E-state index is 0.0302. The molecule has 0 radical (unpaired) electrons. The molecule has 2 aromatic carbocycles. The van der Waals surface area contributed by atoms with E-state index in [1.165, 1.54) is 17.4 Å². The molecule has 0 spiro atoms. The molecule has 0 saturated carbocycles. The lowest BCUT2D eigenvalue weighted by atomic mass is 10.2. The molecule has 9 heteroatoms. The largest absolute Gasteiger partial charge is 0.454 e. The van der Waals surface area contributed by atoms with Crippen molar-refractivity contribution in [2.24, 2.45) is 0 Å². The molecule has 1 unspecified atom stereocenters. The number of carbonyl (C=O) groups excluding carboxylic acids is 2. The molecule has 33 heavy (non-hydrogen) atoms. The summed E-state index contributed by atoms with van der Waals surface area (Å²) in [6.07, 6.45) is 2.01. The molecule has 2 aliphatic rings. The van der Waals surface area contributed by atoms with Crippen molar-refractivity contribution in [2.75, 3.05) is 37.6 Å². The lowest BCUT2D eigenvalue weighted by molar-refractivity contribution is -0.117. The van der Waals surface area contributed by atoms with Gasteiger partial charge in [-0.2, -0.15) is 0 Å². The molecule has 1 atom stereocenters. The van der Waals surface area contributed by atoms with Gasteiger partial charge in [0.2, 0.25) is 5.91 Å². The maximum absolute atomic E-state index is 14.7. The Morgan fingerprint density at radius 3 is 2.58 bits per heavy atom. The number of aromatic nitrogens is 1. The van der Waals surface area contributed by atoms with Crippen molar-refractivity contribution in [3.8, 4) is 11.5 Å². The molecule has 2 fully saturated rings. The zero-order chi connectivity index (χ0) is 22.8. The number of piperazine rings is 1. The van der Waals surface area contributed by atoms with Crippen LogP contribution in [0.3, 0.4) is 0 Å². The van der Waals surface area contributed by atoms with E-state index in [9.17, 15) is 14.0 Å². The molecule has 7 nitrogen and oxygen atoms in total. The van der Waals surface area contributed by atoms with Crippen LogP contribution in [0.5, 0.6) is 11.5 Å². The average molecular weight is 467 g/mol. The summed E-state index contributed by atoms with van der Waals surface area (Å²) in [6.45, 7) is 3.09. The number of benzene rings is 2. The van der Waals surface area contributed by atoms with Gasteiger partial charge in [-0.05, 0) is 24.3 Å². The van der Waals surface area contributed by atoms with Crippen LogP contribution in [0.4, 0.5) is 10.1 Å². The van der Waals surface area contributed by atoms with Crippen LogP contribution in [-0.2, 0) is 4.79 Å². The second kappa shape index (κ2) is 9.29. The third-order valence-corrected chi connectivity index (χ3v) is 6.80. The maximum atomic E-state index is 14.7. The number of ether oxygens (including phenoxy) is 1. The number of amides is 2. The number of halogens is 1. The number of nitrogens with zero attached hydrogens (tertiary/aromatic N) is 4. The van der Waals surface area contributed by atoms with Crippen molar-refractivity contribution in [1.82, 2.24) is 14.8 Å². The van der Waals surface area contributed by atoms with E-state index in [1.54, 1.807) is 40.7 Å². The van der Waals surface area contributed by atoms with E-state index in [2.05, 4.69) is 9.88 Å². The van der Waals surface area contributed by atoms with E-state index in [0.29, 0.717) is 55.6 Å². The Morgan fingerprint density at radius 1 is 1.09 bits per heavy atom. The van der Waals surface area contributed by atoms with Gasteiger partial charge < -0.3 is 14.5 Å². The first kappa shape index (κ1) is 21.5. The molecular formula is C24H23FN4O3S. The number of anilines is 1. The van der Waals surface area contributed by atoms with E-state index in [-0.39, 0.29) is 23.6 Å². The number of hydrogen-bond acceptors (Lipinski definition) is 6. The van der Waals surface area contributed by atoms with Crippen molar-refractivity contribution in [3.05, 3.63) is 70.9 Å². The highest BCUT2D eigenvalue weighted by molar-refractivity contribution is 7.11. The zero-order valence-corrected chi connectivity index (χ0v) is 18.7. The Hall–Kier alpha value is -3.30. The van der Waals surface area contributed by atoms with Crippen LogP contribution in [0.15, 0.2) is 60.1 Å². The molecule has 0 N–H and O–H groups in total. The van der Waals surface area contributed by atoms with Gasteiger partial charge in [0.25, 0.3) is 5.91 Å². The summed E-state index contributed by atoms with van der Waals surface area (Å²) in [5, 5.41) is 2.30. The summed E-state index contributed by atoms with van der Waals surface area (Å²) in [5.74, 6) is 0.0875. The van der Waals surface area contributed by atoms with Gasteiger partial charge in [-0.1, -0.05) is 18.2 Å². The molecule has 2 saturated heterocycles. The number of hydrogen-bond donors (Lipinski definition) is 0. The van der Waals surface area contributed by atoms with Gasteiger partial charge in [0.1, 0.15) is 5.75 Å². The Bertz CT molecular complexity index is 1130. The van der Waals surface area contributed by atoms with Crippen LogP contribution in [0.2, 0.25) is 0 Å². The fraction of sp³-hybridized carbons (Fsp3) is 0.292. The fourth-order valence-corrected chi connectivity index (χ4v) is 4.90. The molecule has 5 rings (SSSR count). The lowest BCUT2D eigenvalue weighted by Crippen LogP contribution is -2.52. The SMILES string of the molecule is O=C(c1nccs1)N1CCN(C2CC(=O)N(c3ccc(Oc4ccccc4)c(F)c3)C2)CC1. The molecule has 2 amide bonds. The standard InChI is InChI=1S/C24H23FN4O3S/c25-20-14-17(6-7-21(20)32-19-4-2-1-3-5-19)29-16-18(15-22(29)30)27-9-11-28(12-10-27)24(31)23-26-8-13-33-23/h1-8,13-14,18H,9-12,15-16H2. The normalized spacial score (nSPS) is 19.2. The van der Waals surface area contributed by atoms with Gasteiger partial charge in [-0.15, -0.1) is 11.3 Å². The van der Waals surface area contributed by atoms with Gasteiger partial charge >= 0.3 is 0 Å². The first-order chi connectivity index (χ1) is 16.1. The molecule has 0 aliphatic carbocycles. The highest BCUT2D eigenvalue weighted by atomic mass is 32.1. The fourth-order valence-electron chi connectivity index (χ4n) is 4.29. The van der Waals surface area contributed by atoms with Crippen LogP contribution in [-0.4, -0.2) is 65.4 Å². The smallest absolute Gasteiger partial charge is 0.282 e. The predicted octanol–water partition coefficient (Wildman–Crippen LogP) is 3.64. The minimum Gasteiger partial charge on any atom is -0.454 e. The second-order valence-corrected chi connectivity index (χ2v) is 8.95. The zero-order valence-electron chi connectivity index (χ0n) is 17.9. The topological polar surface area (TPSA) is 66.0 Å². The Labute approximate surface area is 195 Å². The molecule has 2 aliphatic heterocycles. The Kier molecular flexibility index (Phi) is 6.06. The number of para-hydroxylation sites is 1.